The van der Waals surface area contributed by atoms with E-state index in [0.717, 1.165) is 6.07 Å². The van der Waals surface area contributed by atoms with Crippen molar-refractivity contribution >= 4 is 15.4 Å². The molecule has 6 nitrogen and oxygen atoms in total. The Kier molecular flexibility index (Phi) is 4.52. The monoisotopic (exact) mass is 360 g/mol. The number of alkyl halides is 3. The number of benzene rings is 2. The van der Waals surface area contributed by atoms with Crippen molar-refractivity contribution in [3.63, 3.8) is 0 Å². The Morgan fingerprint density at radius 1 is 1.17 bits per heavy atom. The first kappa shape index (κ1) is 17.7. The summed E-state index contributed by atoms with van der Waals surface area (Å²) in [4.78, 5) is 10.2. The molecule has 0 amide bonds. The summed E-state index contributed by atoms with van der Waals surface area (Å²) in [6, 6.07) is 7.29. The summed E-state index contributed by atoms with van der Waals surface area (Å²) < 4.78 is 62.1. The van der Waals surface area contributed by atoms with Crippen LogP contribution in [0.15, 0.2) is 47.4 Å². The van der Waals surface area contributed by atoms with Crippen LogP contribution < -0.4 is 4.74 Å². The van der Waals surface area contributed by atoms with Gasteiger partial charge in [0.1, 0.15) is 5.75 Å². The number of nitro groups is 1. The van der Waals surface area contributed by atoms with Gasteiger partial charge in [0.05, 0.1) is 20.2 Å². The van der Waals surface area contributed by atoms with E-state index in [-0.39, 0.29) is 16.4 Å². The van der Waals surface area contributed by atoms with Crippen molar-refractivity contribution in [3.05, 3.63) is 58.1 Å². The van der Waals surface area contributed by atoms with Crippen LogP contribution in [0, 0.1) is 14.9 Å². The number of hydrogen-bond acceptors (Lipinski definition) is 5. The number of rotatable bonds is 4. The lowest BCUT2D eigenvalue weighted by atomic mass is 10.2. The summed E-state index contributed by atoms with van der Waals surface area (Å²) in [5.41, 5.74) is -1.98. The van der Waals surface area contributed by atoms with E-state index in [1.165, 1.54) is 30.5 Å². The number of hydrogen-bond donors (Lipinski definition) is 1. The third kappa shape index (κ3) is 4.02. The Labute approximate surface area is 135 Å². The molecular weight excluding hydrogens is 349 g/mol. The SMILES string of the molecule is CS(=N)(=O)c1ccc(Oc2ccc(C(F)(F)F)cc2[N+](=O)[O-])cc1. The quantitative estimate of drug-likeness (QED) is 0.644. The molecule has 1 N–H and O–H groups in total. The second-order valence-corrected chi connectivity index (χ2v) is 7.01. The molecule has 1 atom stereocenters. The molecule has 10 heteroatoms. The molecule has 0 saturated heterocycles. The van der Waals surface area contributed by atoms with Crippen LogP contribution in [0.25, 0.3) is 0 Å². The summed E-state index contributed by atoms with van der Waals surface area (Å²) in [6.45, 7) is 0. The fourth-order valence-corrected chi connectivity index (χ4v) is 2.47. The lowest BCUT2D eigenvalue weighted by Gasteiger charge is -2.10. The fourth-order valence-electron chi connectivity index (χ4n) is 1.82. The third-order valence-electron chi connectivity index (χ3n) is 2.98. The second kappa shape index (κ2) is 6.11. The van der Waals surface area contributed by atoms with Gasteiger partial charge in [-0.2, -0.15) is 13.2 Å². The van der Waals surface area contributed by atoms with E-state index in [4.69, 9.17) is 9.52 Å². The van der Waals surface area contributed by atoms with Crippen LogP contribution in [0.1, 0.15) is 5.56 Å². The van der Waals surface area contributed by atoms with E-state index in [1.807, 2.05) is 0 Å². The lowest BCUT2D eigenvalue weighted by Crippen LogP contribution is -2.06. The number of ether oxygens (including phenoxy) is 1. The molecule has 0 aliphatic rings. The first-order valence-electron chi connectivity index (χ1n) is 6.36. The summed E-state index contributed by atoms with van der Waals surface area (Å²) in [7, 11) is -2.92. The maximum absolute atomic E-state index is 12.6. The van der Waals surface area contributed by atoms with Crippen LogP contribution >= 0.6 is 0 Å². The largest absolute Gasteiger partial charge is 0.450 e. The smallest absolute Gasteiger partial charge is 0.416 e. The third-order valence-corrected chi connectivity index (χ3v) is 4.16. The average Bonchev–Trinajstić information content (AvgIpc) is 2.46. The van der Waals surface area contributed by atoms with Gasteiger partial charge in [0, 0.05) is 17.2 Å². The minimum absolute atomic E-state index is 0.102. The van der Waals surface area contributed by atoms with Crippen LogP contribution in [-0.2, 0) is 15.9 Å². The van der Waals surface area contributed by atoms with E-state index in [2.05, 4.69) is 0 Å². The molecule has 0 saturated carbocycles. The van der Waals surface area contributed by atoms with Crippen molar-refractivity contribution in [1.82, 2.24) is 0 Å². The normalized spacial score (nSPS) is 14.0. The Hall–Kier alpha value is -2.62. The Morgan fingerprint density at radius 3 is 2.21 bits per heavy atom. The van der Waals surface area contributed by atoms with Crippen molar-refractivity contribution in [2.75, 3.05) is 6.26 Å². The van der Waals surface area contributed by atoms with Crippen molar-refractivity contribution in [2.24, 2.45) is 0 Å². The van der Waals surface area contributed by atoms with Gasteiger partial charge in [-0.05, 0) is 36.4 Å². The molecule has 0 aromatic heterocycles. The van der Waals surface area contributed by atoms with Crippen molar-refractivity contribution < 1.29 is 27.0 Å². The lowest BCUT2D eigenvalue weighted by molar-refractivity contribution is -0.385. The van der Waals surface area contributed by atoms with Gasteiger partial charge in [-0.15, -0.1) is 0 Å². The van der Waals surface area contributed by atoms with E-state index in [9.17, 15) is 27.5 Å². The summed E-state index contributed by atoms with van der Waals surface area (Å²) in [5, 5.41) is 11.0. The fraction of sp³-hybridized carbons (Fsp3) is 0.143. The van der Waals surface area contributed by atoms with E-state index in [1.54, 1.807) is 0 Å². The molecule has 0 bridgehead atoms. The maximum Gasteiger partial charge on any atom is 0.416 e. The summed E-state index contributed by atoms with van der Waals surface area (Å²) in [6.07, 6.45) is -3.48. The highest BCUT2D eigenvalue weighted by Crippen LogP contribution is 2.37. The molecule has 128 valence electrons. The Balaban J connectivity index is 2.37. The van der Waals surface area contributed by atoms with Crippen LogP contribution in [0.5, 0.6) is 11.5 Å². The van der Waals surface area contributed by atoms with Crippen LogP contribution in [-0.4, -0.2) is 15.4 Å². The van der Waals surface area contributed by atoms with Gasteiger partial charge in [-0.25, -0.2) is 8.99 Å². The van der Waals surface area contributed by atoms with Gasteiger partial charge in [-0.1, -0.05) is 0 Å². The van der Waals surface area contributed by atoms with Gasteiger partial charge < -0.3 is 4.74 Å². The molecule has 2 aromatic carbocycles. The number of nitrogens with one attached hydrogen (secondary N) is 1. The molecule has 0 aliphatic carbocycles. The number of nitrogens with zero attached hydrogens (tertiary/aromatic N) is 1. The topological polar surface area (TPSA) is 93.3 Å². The predicted octanol–water partition coefficient (Wildman–Crippen LogP) is 4.44. The number of halogens is 3. The van der Waals surface area contributed by atoms with E-state index < -0.39 is 32.1 Å². The zero-order chi connectivity index (χ0) is 18.1. The predicted molar refractivity (Wildman–Crippen MR) is 79.7 cm³/mol. The average molecular weight is 360 g/mol. The van der Waals surface area contributed by atoms with Gasteiger partial charge in [0.25, 0.3) is 0 Å². The van der Waals surface area contributed by atoms with Gasteiger partial charge in [0.15, 0.2) is 0 Å². The van der Waals surface area contributed by atoms with Gasteiger partial charge in [-0.3, -0.25) is 10.1 Å². The summed E-state index contributed by atoms with van der Waals surface area (Å²) in [5.74, 6) is -0.255. The highest BCUT2D eigenvalue weighted by Gasteiger charge is 2.33. The second-order valence-electron chi connectivity index (χ2n) is 4.85. The first-order chi connectivity index (χ1) is 11.0. The van der Waals surface area contributed by atoms with Gasteiger partial charge in [0.2, 0.25) is 5.75 Å². The van der Waals surface area contributed by atoms with Crippen LogP contribution in [0.2, 0.25) is 0 Å². The molecule has 0 aliphatic heterocycles. The molecule has 2 aromatic rings. The van der Waals surface area contributed by atoms with Crippen molar-refractivity contribution in [2.45, 2.75) is 11.1 Å². The minimum Gasteiger partial charge on any atom is -0.450 e. The minimum atomic E-state index is -4.71. The zero-order valence-electron chi connectivity index (χ0n) is 12.2. The Bertz CT molecular complexity index is 878. The van der Waals surface area contributed by atoms with Crippen LogP contribution in [0.3, 0.4) is 0 Å². The zero-order valence-corrected chi connectivity index (χ0v) is 13.0. The Morgan fingerprint density at radius 2 is 1.75 bits per heavy atom. The van der Waals surface area contributed by atoms with E-state index >= 15 is 0 Å². The first-order valence-corrected chi connectivity index (χ1v) is 8.32. The standard InChI is InChI=1S/C14H11F3N2O4S/c1-24(18,22)11-5-3-10(4-6-11)23-13-7-2-9(14(15,16)17)8-12(13)19(20)21/h2-8,18H,1H3. The molecule has 1 unspecified atom stereocenters. The molecule has 0 heterocycles. The highest BCUT2D eigenvalue weighted by molar-refractivity contribution is 7.91. The number of nitro benzene ring substituents is 1. The molecule has 0 fully saturated rings. The van der Waals surface area contributed by atoms with Crippen molar-refractivity contribution in [3.8, 4) is 11.5 Å². The van der Waals surface area contributed by atoms with Gasteiger partial charge >= 0.3 is 11.9 Å². The van der Waals surface area contributed by atoms with Crippen molar-refractivity contribution in [1.29, 1.82) is 4.78 Å². The summed E-state index contributed by atoms with van der Waals surface area (Å²) >= 11 is 0. The molecule has 2 rings (SSSR count). The maximum atomic E-state index is 12.6. The van der Waals surface area contributed by atoms with E-state index in [0.29, 0.717) is 12.1 Å². The van der Waals surface area contributed by atoms with Crippen LogP contribution in [0.4, 0.5) is 18.9 Å². The molecule has 24 heavy (non-hydrogen) atoms. The molecule has 0 radical (unpaired) electrons. The molecule has 0 spiro atoms. The highest BCUT2D eigenvalue weighted by atomic mass is 32.2. The molecular formula is C14H11F3N2O4S.